The number of carboxylic acid groups (broad SMARTS) is 1. The number of hydrogen-bond donors (Lipinski definition) is 4. The Labute approximate surface area is 339 Å². The summed E-state index contributed by atoms with van der Waals surface area (Å²) in [5, 5.41) is 25.7. The molecule has 7 rings (SSSR count). The van der Waals surface area contributed by atoms with Crippen molar-refractivity contribution in [2.75, 3.05) is 23.9 Å². The van der Waals surface area contributed by atoms with Crippen molar-refractivity contribution in [2.24, 2.45) is 17.8 Å². The molecule has 306 valence electrons. The van der Waals surface area contributed by atoms with E-state index in [0.717, 1.165) is 11.1 Å². The van der Waals surface area contributed by atoms with Crippen molar-refractivity contribution in [3.8, 4) is 11.5 Å². The van der Waals surface area contributed by atoms with Gasteiger partial charge in [-0.2, -0.15) is 4.62 Å². The average Bonchev–Trinajstić information content (AvgIpc) is 3.46. The number of amides is 3. The van der Waals surface area contributed by atoms with E-state index >= 15 is 0 Å². The zero-order chi connectivity index (χ0) is 42.0. The lowest BCUT2D eigenvalue weighted by molar-refractivity contribution is -0.704. The number of phosphoric ester groups is 1. The molecule has 2 aliphatic heterocycles. The van der Waals surface area contributed by atoms with Crippen LogP contribution in [0, 0.1) is 24.7 Å². The normalized spacial score (nSPS) is 20.5. The lowest BCUT2D eigenvalue weighted by atomic mass is 9.76. The highest BCUT2D eigenvalue weighted by molar-refractivity contribution is 7.48. The first-order valence-corrected chi connectivity index (χ1v) is 20.6. The van der Waals surface area contributed by atoms with E-state index in [1.807, 2.05) is 36.4 Å². The van der Waals surface area contributed by atoms with E-state index < -0.39 is 25.6 Å². The average molecular weight is 825 g/mol. The molecule has 1 saturated heterocycles. The fraction of sp³-hybridized carbons (Fsp3) is 0.302. The summed E-state index contributed by atoms with van der Waals surface area (Å²) in [5.41, 5.74) is 4.37. The van der Waals surface area contributed by atoms with Gasteiger partial charge < -0.3 is 20.3 Å². The van der Waals surface area contributed by atoms with Crippen molar-refractivity contribution < 1.29 is 62.3 Å². The molecule has 1 fully saturated rings. The van der Waals surface area contributed by atoms with Crippen LogP contribution in [0.4, 0.5) is 11.4 Å². The maximum atomic E-state index is 13.8. The number of nitrogens with zero attached hydrogens (tertiary/aromatic N) is 1. The maximum absolute atomic E-state index is 13.8. The minimum Gasteiger partial charge on any atom is -0.504 e. The number of ether oxygens (including phenoxy) is 1. The molecule has 16 heteroatoms. The van der Waals surface area contributed by atoms with E-state index in [1.165, 1.54) is 30.2 Å². The van der Waals surface area contributed by atoms with Crippen molar-refractivity contribution in [2.45, 2.75) is 51.9 Å². The number of rotatable bonds is 15. The molecule has 0 saturated carbocycles. The number of para-hydroxylation sites is 1. The molecule has 15 nitrogen and oxygen atoms in total. The van der Waals surface area contributed by atoms with Crippen LogP contribution in [0.15, 0.2) is 84.2 Å². The Morgan fingerprint density at radius 1 is 1.07 bits per heavy atom. The topological polar surface area (TPSA) is 209 Å². The van der Waals surface area contributed by atoms with Gasteiger partial charge in [0.25, 0.3) is 0 Å². The quantitative estimate of drug-likeness (QED) is 0.0503. The Kier molecular flexibility index (Phi) is 11.8. The van der Waals surface area contributed by atoms with Crippen LogP contribution in [0.1, 0.15) is 71.1 Å². The Morgan fingerprint density at radius 2 is 1.88 bits per heavy atom. The van der Waals surface area contributed by atoms with Gasteiger partial charge in [0.15, 0.2) is 24.0 Å². The molecule has 4 aliphatic rings. The van der Waals surface area contributed by atoms with Crippen LogP contribution in [0.25, 0.3) is 5.57 Å². The molecule has 4 N–H and O–H groups in total. The number of phenolic OH excluding ortho intramolecular Hbond substituents is 1. The van der Waals surface area contributed by atoms with Crippen LogP contribution in [-0.2, 0) is 43.8 Å². The predicted octanol–water partition coefficient (Wildman–Crippen LogP) is 5.36. The number of carbonyl (C=O) groups is 5. The van der Waals surface area contributed by atoms with Gasteiger partial charge in [0.05, 0.1) is 29.7 Å². The number of anilines is 2. The number of aromatic carboxylic acids is 1. The van der Waals surface area contributed by atoms with Gasteiger partial charge in [-0.25, -0.2) is 14.3 Å². The monoisotopic (exact) mass is 824 g/mol. The molecule has 59 heavy (non-hydrogen) atoms. The Bertz CT molecular complexity index is 2420. The molecule has 0 bridgehead atoms. The minimum atomic E-state index is -3.87. The third kappa shape index (κ3) is 8.27. The number of imide groups is 1. The number of allylic oxidation sites excluding steroid dienone is 4. The summed E-state index contributed by atoms with van der Waals surface area (Å²) in [6.45, 7) is 5.03. The highest BCUT2D eigenvalue weighted by Crippen LogP contribution is 2.49. The molecule has 3 aromatic carbocycles. The molecule has 0 aromatic heterocycles. The highest BCUT2D eigenvalue weighted by Gasteiger charge is 2.52. The number of aryl methyl sites for hydroxylation is 2. The van der Waals surface area contributed by atoms with Crippen molar-refractivity contribution in [1.82, 2.24) is 0 Å². The zero-order valence-electron chi connectivity index (χ0n) is 32.4. The third-order valence-corrected chi connectivity index (χ3v) is 12.3. The molecule has 0 radical (unpaired) electrons. The number of carboxylic acids is 1. The summed E-state index contributed by atoms with van der Waals surface area (Å²) in [4.78, 5) is 66.6. The number of fused-ring (bicyclic) bond motifs is 3. The Morgan fingerprint density at radius 3 is 2.63 bits per heavy atom. The SMILES string of the molecule is C=[NH+]OP(=O)(OC)OCCC1C=CCC2C(=O)N(c3ccc(CCCC(=O)Nc4ccc(C5=C6CCC(=O)C=C6Oc6c(O)cccc65)c(C(=O)O)c4)cc3C)C(=O)C12. The van der Waals surface area contributed by atoms with Crippen molar-refractivity contribution in [3.05, 3.63) is 112 Å². The van der Waals surface area contributed by atoms with Gasteiger partial charge in [-0.15, -0.1) is 0 Å². The molecule has 0 spiro atoms. The second-order valence-electron chi connectivity index (χ2n) is 14.6. The second kappa shape index (κ2) is 17.0. The Balaban J connectivity index is 0.989. The fourth-order valence-corrected chi connectivity index (χ4v) is 8.97. The van der Waals surface area contributed by atoms with E-state index in [0.29, 0.717) is 65.8 Å². The largest absolute Gasteiger partial charge is 0.585 e. The summed E-state index contributed by atoms with van der Waals surface area (Å²) >= 11 is 0. The smallest absolute Gasteiger partial charge is 0.504 e. The van der Waals surface area contributed by atoms with Crippen molar-refractivity contribution in [3.63, 3.8) is 0 Å². The first-order valence-electron chi connectivity index (χ1n) is 19.1. The van der Waals surface area contributed by atoms with Gasteiger partial charge in [0, 0.05) is 48.4 Å². The number of benzene rings is 3. The fourth-order valence-electron chi connectivity index (χ4n) is 8.25. The minimum absolute atomic E-state index is 0.0466. The van der Waals surface area contributed by atoms with Crippen LogP contribution < -0.4 is 20.1 Å². The first kappa shape index (κ1) is 41.0. The van der Waals surface area contributed by atoms with Gasteiger partial charge in [-0.05, 0) is 91.1 Å². The lowest BCUT2D eigenvalue weighted by Gasteiger charge is -2.29. The number of hydrogen-bond acceptors (Lipinski definition) is 11. The summed E-state index contributed by atoms with van der Waals surface area (Å²) in [6.07, 6.45) is 7.52. The van der Waals surface area contributed by atoms with Gasteiger partial charge in [-0.1, -0.05) is 42.5 Å². The van der Waals surface area contributed by atoms with Crippen LogP contribution in [0.5, 0.6) is 11.5 Å². The summed E-state index contributed by atoms with van der Waals surface area (Å²) in [5.74, 6) is -3.50. The summed E-state index contributed by atoms with van der Waals surface area (Å²) in [7, 11) is -2.70. The number of phosphoric acid groups is 1. The number of ketones is 1. The molecule has 4 atom stereocenters. The second-order valence-corrected chi connectivity index (χ2v) is 16.3. The summed E-state index contributed by atoms with van der Waals surface area (Å²) in [6, 6.07) is 14.9. The number of carbonyl (C=O) groups excluding carboxylic acids is 4. The van der Waals surface area contributed by atoms with Gasteiger partial charge in [0.1, 0.15) is 5.76 Å². The molecular formula is C43H43N3O12P+. The number of phenols is 1. The summed E-state index contributed by atoms with van der Waals surface area (Å²) < 4.78 is 33.2. The molecular weight excluding hydrogens is 781 g/mol. The van der Waals surface area contributed by atoms with E-state index in [1.54, 1.807) is 30.3 Å². The first-order chi connectivity index (χ1) is 28.3. The van der Waals surface area contributed by atoms with Crippen molar-refractivity contribution >= 4 is 61.0 Å². The standard InChI is InChI=1S/C43H42N3O12P/c1-24-21-25(13-18-34(24)46-41(50)32-10-5-8-26(38(32)42(46)51)19-20-56-59(54,55-3)58-44-2)7-4-12-37(49)45-27-14-16-29(33(22-27)43(52)53)39-30-17-15-28(47)23-36(30)57-40-31(39)9-6-11-35(40)48/h5-6,8-9,11,13-14,16,18,21-23,26,32,38,48H,2,4,7,10,12,15,17,19-20H2,1,3H3,(H,45,49)(H,52,53)/p+1. The van der Waals surface area contributed by atoms with E-state index in [2.05, 4.69) is 12.0 Å². The molecule has 3 aromatic rings. The Hall–Kier alpha value is -6.15. The molecule has 2 heterocycles. The van der Waals surface area contributed by atoms with Gasteiger partial charge >= 0.3 is 13.8 Å². The van der Waals surface area contributed by atoms with Crippen LogP contribution >= 0.6 is 7.82 Å². The molecule has 3 amide bonds. The van der Waals surface area contributed by atoms with E-state index in [-0.39, 0.29) is 71.7 Å². The number of nitrogens with one attached hydrogen (secondary N) is 2. The zero-order valence-corrected chi connectivity index (χ0v) is 33.3. The van der Waals surface area contributed by atoms with Crippen LogP contribution in [0.3, 0.4) is 0 Å². The molecule has 2 aliphatic carbocycles. The van der Waals surface area contributed by atoms with Gasteiger partial charge in [-0.3, -0.25) is 28.2 Å². The highest BCUT2D eigenvalue weighted by atomic mass is 31.2. The molecule has 4 unspecified atom stereocenters. The lowest BCUT2D eigenvalue weighted by Crippen LogP contribution is -2.63. The van der Waals surface area contributed by atoms with E-state index in [4.69, 9.17) is 18.4 Å². The van der Waals surface area contributed by atoms with Crippen LogP contribution in [-0.4, -0.2) is 60.1 Å². The third-order valence-electron chi connectivity index (χ3n) is 11.0. The van der Waals surface area contributed by atoms with Crippen molar-refractivity contribution in [1.29, 1.82) is 0 Å². The maximum Gasteiger partial charge on any atom is 0.585 e. The predicted molar refractivity (Wildman–Crippen MR) is 214 cm³/mol. The van der Waals surface area contributed by atoms with Crippen LogP contribution in [0.2, 0.25) is 0 Å². The van der Waals surface area contributed by atoms with E-state index in [9.17, 15) is 38.8 Å². The van der Waals surface area contributed by atoms with Gasteiger partial charge in [0.2, 0.25) is 17.7 Å². The number of aromatic hydroxyl groups is 1.